The van der Waals surface area contributed by atoms with Gasteiger partial charge in [-0.15, -0.1) is 0 Å². The Bertz CT molecular complexity index is 811. The van der Waals surface area contributed by atoms with Crippen molar-refractivity contribution in [2.24, 2.45) is 0 Å². The van der Waals surface area contributed by atoms with E-state index in [1.54, 1.807) is 24.3 Å². The van der Waals surface area contributed by atoms with E-state index >= 15 is 0 Å². The summed E-state index contributed by atoms with van der Waals surface area (Å²) in [4.78, 5) is 13.8. The predicted molar refractivity (Wildman–Crippen MR) is 101 cm³/mol. The molecule has 2 N–H and O–H groups in total. The number of aliphatic hydroxyl groups excluding tert-OH is 1. The molecule has 2 aromatic rings. The number of hydrogen-bond acceptors (Lipinski definition) is 4. The fourth-order valence-corrected chi connectivity index (χ4v) is 3.19. The monoisotopic (exact) mass is 349 g/mol. The number of nitrogens with one attached hydrogen (secondary N) is 1. The summed E-state index contributed by atoms with van der Waals surface area (Å²) < 4.78 is 0. The first-order chi connectivity index (χ1) is 12.6. The molecule has 2 atom stereocenters. The number of anilines is 1. The highest BCUT2D eigenvalue weighted by molar-refractivity contribution is 5.95. The highest BCUT2D eigenvalue weighted by atomic mass is 16.3. The van der Waals surface area contributed by atoms with E-state index in [-0.39, 0.29) is 11.9 Å². The molecule has 5 nitrogen and oxygen atoms in total. The van der Waals surface area contributed by atoms with Crippen molar-refractivity contribution in [1.82, 2.24) is 5.32 Å². The van der Waals surface area contributed by atoms with E-state index in [1.165, 1.54) is 0 Å². The van der Waals surface area contributed by atoms with Crippen molar-refractivity contribution in [2.45, 2.75) is 31.9 Å². The molecular weight excluding hydrogens is 326 g/mol. The molecule has 0 aliphatic carbocycles. The number of benzene rings is 2. The Balaban J connectivity index is 1.61. The number of carbonyl (C=O) groups excluding carboxylic acids is 1. The van der Waals surface area contributed by atoms with Crippen molar-refractivity contribution in [3.8, 4) is 6.07 Å². The highest BCUT2D eigenvalue weighted by Gasteiger charge is 2.22. The van der Waals surface area contributed by atoms with E-state index in [0.29, 0.717) is 18.5 Å². The van der Waals surface area contributed by atoms with Gasteiger partial charge in [0.25, 0.3) is 0 Å². The molecule has 2 aromatic carbocycles. The standard InChI is InChI=1S/C21H23N3O2/c1-15(23-14-20(25)17-9-7-16(13-22)8-10-17)18-4-2-5-19(12-18)24-11-3-6-21(24)26/h2,4-5,7-10,12,15,20,23,25H,3,6,11,14H2,1H3/t15-,20+/m0/s1. The summed E-state index contributed by atoms with van der Waals surface area (Å²) in [5, 5.41) is 22.5. The van der Waals surface area contributed by atoms with Crippen LogP contribution in [0.2, 0.25) is 0 Å². The smallest absolute Gasteiger partial charge is 0.227 e. The zero-order chi connectivity index (χ0) is 18.5. The molecule has 0 unspecified atom stereocenters. The van der Waals surface area contributed by atoms with Crippen LogP contribution >= 0.6 is 0 Å². The summed E-state index contributed by atoms with van der Waals surface area (Å²) in [5.41, 5.74) is 3.37. The first-order valence-electron chi connectivity index (χ1n) is 8.90. The van der Waals surface area contributed by atoms with Crippen LogP contribution < -0.4 is 10.2 Å². The van der Waals surface area contributed by atoms with E-state index in [0.717, 1.165) is 29.8 Å². The van der Waals surface area contributed by atoms with Gasteiger partial charge in [0.1, 0.15) is 0 Å². The molecule has 0 radical (unpaired) electrons. The molecule has 1 saturated heterocycles. The number of rotatable bonds is 6. The molecule has 1 aliphatic heterocycles. The molecule has 134 valence electrons. The quantitative estimate of drug-likeness (QED) is 0.840. The van der Waals surface area contributed by atoms with Gasteiger partial charge in [-0.2, -0.15) is 5.26 Å². The molecule has 1 fully saturated rings. The van der Waals surface area contributed by atoms with Crippen LogP contribution in [0.1, 0.15) is 48.6 Å². The zero-order valence-corrected chi connectivity index (χ0v) is 14.9. The van der Waals surface area contributed by atoms with Crippen LogP contribution in [0.15, 0.2) is 48.5 Å². The summed E-state index contributed by atoms with van der Waals surface area (Å²) in [6.45, 7) is 3.22. The molecule has 1 amide bonds. The van der Waals surface area contributed by atoms with Gasteiger partial charge in [0.05, 0.1) is 17.7 Å². The van der Waals surface area contributed by atoms with Crippen LogP contribution in [0.3, 0.4) is 0 Å². The normalized spacial score (nSPS) is 16.3. The zero-order valence-electron chi connectivity index (χ0n) is 14.9. The molecule has 5 heteroatoms. The minimum absolute atomic E-state index is 0.0423. The summed E-state index contributed by atoms with van der Waals surface area (Å²) in [5.74, 6) is 0.180. The Morgan fingerprint density at radius 1 is 1.23 bits per heavy atom. The van der Waals surface area contributed by atoms with E-state index in [2.05, 4.69) is 11.4 Å². The maximum Gasteiger partial charge on any atom is 0.227 e. The SMILES string of the molecule is C[C@H](NC[C@@H](O)c1ccc(C#N)cc1)c1cccc(N2CCCC2=O)c1. The minimum atomic E-state index is -0.645. The van der Waals surface area contributed by atoms with Crippen molar-refractivity contribution < 1.29 is 9.90 Å². The van der Waals surface area contributed by atoms with Crippen molar-refractivity contribution in [3.05, 3.63) is 65.2 Å². The number of nitriles is 1. The van der Waals surface area contributed by atoms with E-state index in [4.69, 9.17) is 5.26 Å². The second-order valence-corrected chi connectivity index (χ2v) is 6.62. The first-order valence-corrected chi connectivity index (χ1v) is 8.90. The van der Waals surface area contributed by atoms with E-state index in [1.807, 2.05) is 36.1 Å². The van der Waals surface area contributed by atoms with Gasteiger partial charge in [-0.3, -0.25) is 4.79 Å². The lowest BCUT2D eigenvalue weighted by atomic mass is 10.0. The van der Waals surface area contributed by atoms with Crippen molar-refractivity contribution in [2.75, 3.05) is 18.0 Å². The largest absolute Gasteiger partial charge is 0.387 e. The van der Waals surface area contributed by atoms with Crippen molar-refractivity contribution in [1.29, 1.82) is 5.26 Å². The molecular formula is C21H23N3O2. The molecule has 3 rings (SSSR count). The lowest BCUT2D eigenvalue weighted by molar-refractivity contribution is -0.117. The average molecular weight is 349 g/mol. The van der Waals surface area contributed by atoms with Gasteiger partial charge < -0.3 is 15.3 Å². The van der Waals surface area contributed by atoms with E-state index in [9.17, 15) is 9.90 Å². The third kappa shape index (κ3) is 4.10. The fourth-order valence-electron chi connectivity index (χ4n) is 3.19. The first kappa shape index (κ1) is 18.1. The number of aliphatic hydroxyl groups is 1. The molecule has 0 bridgehead atoms. The molecule has 1 aliphatic rings. The van der Waals surface area contributed by atoms with Crippen LogP contribution in [-0.4, -0.2) is 24.1 Å². The highest BCUT2D eigenvalue weighted by Crippen LogP contribution is 2.25. The van der Waals surface area contributed by atoms with Crippen LogP contribution in [0.5, 0.6) is 0 Å². The number of carbonyl (C=O) groups is 1. The molecule has 1 heterocycles. The third-order valence-electron chi connectivity index (χ3n) is 4.80. The van der Waals surface area contributed by atoms with Crippen LogP contribution in [0.4, 0.5) is 5.69 Å². The number of nitrogens with zero attached hydrogens (tertiary/aromatic N) is 2. The Morgan fingerprint density at radius 2 is 2.00 bits per heavy atom. The Kier molecular flexibility index (Phi) is 5.67. The minimum Gasteiger partial charge on any atom is -0.387 e. The van der Waals surface area contributed by atoms with Crippen molar-refractivity contribution >= 4 is 11.6 Å². The summed E-state index contributed by atoms with van der Waals surface area (Å²) >= 11 is 0. The van der Waals surface area contributed by atoms with Crippen molar-refractivity contribution in [3.63, 3.8) is 0 Å². The van der Waals surface area contributed by atoms with Gasteiger partial charge >= 0.3 is 0 Å². The maximum absolute atomic E-state index is 11.9. The molecule has 0 saturated carbocycles. The summed E-state index contributed by atoms with van der Waals surface area (Å²) in [6.07, 6.45) is 0.885. The van der Waals surface area contributed by atoms with E-state index < -0.39 is 6.10 Å². The Hall–Kier alpha value is -2.68. The summed E-state index contributed by atoms with van der Waals surface area (Å²) in [6, 6.07) is 17.1. The summed E-state index contributed by atoms with van der Waals surface area (Å²) in [7, 11) is 0. The number of amides is 1. The number of hydrogen-bond donors (Lipinski definition) is 2. The Morgan fingerprint density at radius 3 is 2.65 bits per heavy atom. The lowest BCUT2D eigenvalue weighted by Gasteiger charge is -2.21. The molecule has 26 heavy (non-hydrogen) atoms. The van der Waals surface area contributed by atoms with Crippen LogP contribution in [-0.2, 0) is 4.79 Å². The second kappa shape index (κ2) is 8.13. The lowest BCUT2D eigenvalue weighted by Crippen LogP contribution is -2.26. The fraction of sp³-hybridized carbons (Fsp3) is 0.333. The van der Waals surface area contributed by atoms with Gasteiger partial charge in [0, 0.05) is 31.2 Å². The molecule has 0 aromatic heterocycles. The Labute approximate surface area is 153 Å². The van der Waals surface area contributed by atoms with Gasteiger partial charge in [-0.05, 0) is 48.7 Å². The second-order valence-electron chi connectivity index (χ2n) is 6.62. The van der Waals surface area contributed by atoms with Gasteiger partial charge in [0.2, 0.25) is 5.91 Å². The average Bonchev–Trinajstić information content (AvgIpc) is 3.12. The topological polar surface area (TPSA) is 76.4 Å². The van der Waals surface area contributed by atoms with Crippen LogP contribution in [0.25, 0.3) is 0 Å². The van der Waals surface area contributed by atoms with Gasteiger partial charge in [0.15, 0.2) is 0 Å². The third-order valence-corrected chi connectivity index (χ3v) is 4.80. The molecule has 0 spiro atoms. The van der Waals surface area contributed by atoms with Gasteiger partial charge in [-0.1, -0.05) is 24.3 Å². The van der Waals surface area contributed by atoms with Crippen LogP contribution in [0, 0.1) is 11.3 Å². The van der Waals surface area contributed by atoms with Gasteiger partial charge in [-0.25, -0.2) is 0 Å². The maximum atomic E-state index is 11.9. The predicted octanol–water partition coefficient (Wildman–Crippen LogP) is 3.07.